The van der Waals surface area contributed by atoms with E-state index in [0.717, 1.165) is 34.4 Å². The summed E-state index contributed by atoms with van der Waals surface area (Å²) in [5, 5.41) is 14.5. The number of nitrogens with zero attached hydrogens (tertiary/aromatic N) is 3. The zero-order valence-electron chi connectivity index (χ0n) is 14.3. The Hall–Kier alpha value is -2.35. The molecule has 1 aliphatic rings. The highest BCUT2D eigenvalue weighted by atomic mass is 32.2. The predicted molar refractivity (Wildman–Crippen MR) is 95.9 cm³/mol. The fourth-order valence-electron chi connectivity index (χ4n) is 2.76. The van der Waals surface area contributed by atoms with Crippen LogP contribution in [-0.2, 0) is 11.2 Å². The molecule has 0 radical (unpaired) electrons. The minimum absolute atomic E-state index is 0.240. The van der Waals surface area contributed by atoms with Gasteiger partial charge in [-0.2, -0.15) is 0 Å². The van der Waals surface area contributed by atoms with Crippen molar-refractivity contribution in [3.8, 4) is 5.69 Å². The zero-order valence-corrected chi connectivity index (χ0v) is 15.1. The number of hydrogen-bond donors (Lipinski definition) is 2. The van der Waals surface area contributed by atoms with Crippen LogP contribution in [0.3, 0.4) is 0 Å². The number of benzene rings is 1. The fourth-order valence-corrected chi connectivity index (χ4v) is 3.59. The third-order valence-corrected chi connectivity index (χ3v) is 4.98. The average Bonchev–Trinajstić information content (AvgIpc) is 2.94. The highest BCUT2D eigenvalue weighted by Crippen LogP contribution is 2.24. The molecule has 1 saturated heterocycles. The molecule has 0 spiro atoms. The molecule has 0 saturated carbocycles. The van der Waals surface area contributed by atoms with Gasteiger partial charge in [-0.05, 0) is 31.0 Å². The second kappa shape index (κ2) is 7.69. The molecule has 1 aromatic carbocycles. The lowest BCUT2D eigenvalue weighted by Crippen LogP contribution is -2.53. The number of carbonyl (C=O) groups excluding carboxylic acids is 2. The number of rotatable bonds is 6. The second-order valence-corrected chi connectivity index (χ2v) is 7.11. The Morgan fingerprint density at radius 3 is 2.88 bits per heavy atom. The minimum Gasteiger partial charge on any atom is -0.334 e. The maximum Gasteiger partial charge on any atom is 0.321 e. The Kier molecular flexibility index (Phi) is 5.37. The molecule has 7 nitrogen and oxygen atoms in total. The van der Waals surface area contributed by atoms with Crippen LogP contribution in [0.25, 0.3) is 5.69 Å². The Morgan fingerprint density at radius 2 is 2.16 bits per heavy atom. The highest BCUT2D eigenvalue weighted by Gasteiger charge is 2.26. The van der Waals surface area contributed by atoms with E-state index < -0.39 is 6.03 Å². The Morgan fingerprint density at radius 1 is 1.32 bits per heavy atom. The van der Waals surface area contributed by atoms with Gasteiger partial charge in [-0.1, -0.05) is 30.8 Å². The average molecular weight is 359 g/mol. The molecule has 25 heavy (non-hydrogen) atoms. The van der Waals surface area contributed by atoms with Crippen molar-refractivity contribution in [1.82, 2.24) is 25.4 Å². The number of aromatic nitrogens is 3. The summed E-state index contributed by atoms with van der Waals surface area (Å²) in [5.74, 6) is 1.42. The van der Waals surface area contributed by atoms with Gasteiger partial charge >= 0.3 is 6.03 Å². The van der Waals surface area contributed by atoms with Crippen molar-refractivity contribution in [2.24, 2.45) is 0 Å². The van der Waals surface area contributed by atoms with Gasteiger partial charge in [0, 0.05) is 30.3 Å². The molecular formula is C17H21N5O2S. The monoisotopic (exact) mass is 359 g/mol. The van der Waals surface area contributed by atoms with Crippen LogP contribution < -0.4 is 10.6 Å². The minimum atomic E-state index is -0.455. The maximum atomic E-state index is 11.6. The van der Waals surface area contributed by atoms with Crippen molar-refractivity contribution in [3.05, 3.63) is 35.7 Å². The summed E-state index contributed by atoms with van der Waals surface area (Å²) >= 11 is 1.65. The Labute approximate surface area is 150 Å². The molecule has 1 fully saturated rings. The third kappa shape index (κ3) is 4.19. The van der Waals surface area contributed by atoms with Crippen LogP contribution in [0.2, 0.25) is 0 Å². The van der Waals surface area contributed by atoms with Crippen LogP contribution in [0.15, 0.2) is 29.4 Å². The van der Waals surface area contributed by atoms with Crippen LogP contribution in [-0.4, -0.2) is 38.5 Å². The van der Waals surface area contributed by atoms with Gasteiger partial charge in [-0.3, -0.25) is 14.7 Å². The van der Waals surface area contributed by atoms with Crippen molar-refractivity contribution in [2.45, 2.75) is 44.3 Å². The summed E-state index contributed by atoms with van der Waals surface area (Å²) in [7, 11) is 0. The van der Waals surface area contributed by atoms with Crippen molar-refractivity contribution < 1.29 is 9.59 Å². The molecule has 1 unspecified atom stereocenters. The largest absolute Gasteiger partial charge is 0.334 e. The van der Waals surface area contributed by atoms with E-state index in [-0.39, 0.29) is 18.4 Å². The predicted octanol–water partition coefficient (Wildman–Crippen LogP) is 2.22. The summed E-state index contributed by atoms with van der Waals surface area (Å²) in [6.07, 6.45) is 1.73. The van der Waals surface area contributed by atoms with E-state index in [1.54, 1.807) is 11.8 Å². The first-order valence-electron chi connectivity index (χ1n) is 8.31. The lowest BCUT2D eigenvalue weighted by Gasteiger charge is -2.23. The first-order valence-corrected chi connectivity index (χ1v) is 9.30. The van der Waals surface area contributed by atoms with Crippen molar-refractivity contribution in [2.75, 3.05) is 5.75 Å². The second-order valence-electron chi connectivity index (χ2n) is 6.05. The summed E-state index contributed by atoms with van der Waals surface area (Å²) in [4.78, 5) is 23.1. The number of thioether (sulfide) groups is 1. The van der Waals surface area contributed by atoms with E-state index in [0.29, 0.717) is 6.42 Å². The van der Waals surface area contributed by atoms with Gasteiger partial charge in [0.05, 0.1) is 0 Å². The number of amides is 3. The van der Waals surface area contributed by atoms with Gasteiger partial charge in [-0.15, -0.1) is 10.2 Å². The number of carbonyl (C=O) groups is 2. The summed E-state index contributed by atoms with van der Waals surface area (Å²) in [6, 6.07) is 7.40. The summed E-state index contributed by atoms with van der Waals surface area (Å²) < 4.78 is 2.02. The third-order valence-electron chi connectivity index (χ3n) is 3.84. The molecule has 0 aliphatic carbocycles. The van der Waals surface area contributed by atoms with Crippen LogP contribution in [0.5, 0.6) is 0 Å². The fraction of sp³-hybridized carbons (Fsp3) is 0.412. The van der Waals surface area contributed by atoms with Crippen LogP contribution in [0.4, 0.5) is 4.79 Å². The zero-order chi connectivity index (χ0) is 17.8. The van der Waals surface area contributed by atoms with Gasteiger partial charge in [0.1, 0.15) is 5.82 Å². The lowest BCUT2D eigenvalue weighted by atomic mass is 10.1. The first kappa shape index (κ1) is 17.5. The normalized spacial score (nSPS) is 17.3. The molecule has 1 atom stereocenters. The first-order chi connectivity index (χ1) is 12.1. The Bertz CT molecular complexity index is 773. The number of nitrogens with one attached hydrogen (secondary N) is 2. The number of urea groups is 1. The van der Waals surface area contributed by atoms with E-state index in [2.05, 4.69) is 33.8 Å². The maximum absolute atomic E-state index is 11.6. The number of hydrogen-bond acceptors (Lipinski definition) is 5. The number of aryl methyl sites for hydroxylation is 1. The quantitative estimate of drug-likeness (QED) is 0.772. The van der Waals surface area contributed by atoms with Gasteiger partial charge < -0.3 is 5.32 Å². The van der Waals surface area contributed by atoms with Gasteiger partial charge in [0.25, 0.3) is 0 Å². The Balaban J connectivity index is 1.92. The summed E-state index contributed by atoms with van der Waals surface area (Å²) in [6.45, 7) is 4.16. The van der Waals surface area contributed by atoms with Crippen molar-refractivity contribution in [1.29, 1.82) is 0 Å². The smallest absolute Gasteiger partial charge is 0.321 e. The topological polar surface area (TPSA) is 88.9 Å². The molecule has 0 bridgehead atoms. The molecule has 1 aliphatic heterocycles. The van der Waals surface area contributed by atoms with E-state index >= 15 is 0 Å². The van der Waals surface area contributed by atoms with E-state index in [4.69, 9.17) is 0 Å². The number of imide groups is 1. The molecular weight excluding hydrogens is 338 g/mol. The SMILES string of the molecule is CCCSc1nnc(CC2CC(=O)NC(=O)N2)n1-c1cccc(C)c1. The molecule has 2 aromatic rings. The van der Waals surface area contributed by atoms with Crippen LogP contribution in [0.1, 0.15) is 31.2 Å². The standard InChI is InChI=1S/C17H21N5O2S/c1-3-7-25-17-21-20-14(9-12-10-15(23)19-16(24)18-12)22(17)13-6-4-5-11(2)8-13/h4-6,8,12H,3,7,9-10H2,1-2H3,(H2,18,19,23,24). The molecule has 2 heterocycles. The van der Waals surface area contributed by atoms with Crippen LogP contribution in [0, 0.1) is 6.92 Å². The van der Waals surface area contributed by atoms with Crippen molar-refractivity contribution in [3.63, 3.8) is 0 Å². The van der Waals surface area contributed by atoms with E-state index in [1.807, 2.05) is 29.7 Å². The lowest BCUT2D eigenvalue weighted by molar-refractivity contribution is -0.121. The molecule has 3 rings (SSSR count). The molecule has 8 heteroatoms. The van der Waals surface area contributed by atoms with Gasteiger partial charge in [0.15, 0.2) is 5.16 Å². The van der Waals surface area contributed by atoms with Gasteiger partial charge in [-0.25, -0.2) is 4.79 Å². The van der Waals surface area contributed by atoms with Gasteiger partial charge in [0.2, 0.25) is 5.91 Å². The highest BCUT2D eigenvalue weighted by molar-refractivity contribution is 7.99. The van der Waals surface area contributed by atoms with E-state index in [1.165, 1.54) is 0 Å². The van der Waals surface area contributed by atoms with Crippen LogP contribution >= 0.6 is 11.8 Å². The van der Waals surface area contributed by atoms with Crippen molar-refractivity contribution >= 4 is 23.7 Å². The summed E-state index contributed by atoms with van der Waals surface area (Å²) in [5.41, 5.74) is 2.14. The van der Waals surface area contributed by atoms with E-state index in [9.17, 15) is 9.59 Å². The molecule has 1 aromatic heterocycles. The molecule has 2 N–H and O–H groups in total. The molecule has 132 valence electrons. The molecule has 3 amide bonds.